The van der Waals surface area contributed by atoms with Crippen LogP contribution in [0.25, 0.3) is 0 Å². The third-order valence-electron chi connectivity index (χ3n) is 7.68. The van der Waals surface area contributed by atoms with Gasteiger partial charge in [0.05, 0.1) is 11.8 Å². The van der Waals surface area contributed by atoms with Crippen LogP contribution in [0.4, 0.5) is 5.69 Å². The van der Waals surface area contributed by atoms with Crippen LogP contribution < -0.4 is 16.4 Å². The fourth-order valence-corrected chi connectivity index (χ4v) is 5.83. The van der Waals surface area contributed by atoms with Gasteiger partial charge in [-0.15, -0.1) is 0 Å². The van der Waals surface area contributed by atoms with Crippen molar-refractivity contribution < 1.29 is 19.2 Å². The number of nitrogens with one attached hydrogen (secondary N) is 2. The van der Waals surface area contributed by atoms with Crippen molar-refractivity contribution >= 4 is 29.3 Å². The van der Waals surface area contributed by atoms with Crippen LogP contribution >= 0.6 is 0 Å². The summed E-state index contributed by atoms with van der Waals surface area (Å²) in [7, 11) is 0. The largest absolute Gasteiger partial charge is 0.370 e. The quantitative estimate of drug-likeness (QED) is 0.565. The number of benzene rings is 2. The average Bonchev–Trinajstić information content (AvgIpc) is 3.39. The number of carbonyl (C=O) groups is 4. The lowest BCUT2D eigenvalue weighted by Crippen LogP contribution is -2.53. The molecule has 3 aliphatic rings. The van der Waals surface area contributed by atoms with Crippen LogP contribution in [0.1, 0.15) is 35.1 Å². The van der Waals surface area contributed by atoms with Gasteiger partial charge in [0.2, 0.25) is 23.6 Å². The number of nitrogens with two attached hydrogens (primary N) is 1. The Bertz CT molecular complexity index is 1210. The second kappa shape index (κ2) is 8.06. The van der Waals surface area contributed by atoms with Crippen LogP contribution in [0.2, 0.25) is 0 Å². The van der Waals surface area contributed by atoms with Crippen LogP contribution in [-0.2, 0) is 31.1 Å². The van der Waals surface area contributed by atoms with E-state index in [0.29, 0.717) is 17.7 Å². The molecule has 1 spiro atoms. The zero-order valence-corrected chi connectivity index (χ0v) is 19.3. The van der Waals surface area contributed by atoms with E-state index in [2.05, 4.69) is 10.6 Å². The summed E-state index contributed by atoms with van der Waals surface area (Å²) < 4.78 is 0. The molecule has 3 heterocycles. The summed E-state index contributed by atoms with van der Waals surface area (Å²) in [5, 5.41) is 6.31. The van der Waals surface area contributed by atoms with Crippen LogP contribution in [0.3, 0.4) is 0 Å². The predicted octanol–water partition coefficient (Wildman–Crippen LogP) is 1.53. The minimum Gasteiger partial charge on any atom is -0.370 e. The minimum atomic E-state index is -1.35. The molecule has 34 heavy (non-hydrogen) atoms. The molecule has 8 nitrogen and oxygen atoms in total. The molecule has 4 atom stereocenters. The summed E-state index contributed by atoms with van der Waals surface area (Å²) in [6, 6.07) is 12.9. The Morgan fingerprint density at radius 2 is 1.79 bits per heavy atom. The van der Waals surface area contributed by atoms with Gasteiger partial charge in [-0.05, 0) is 43.4 Å². The van der Waals surface area contributed by atoms with Crippen molar-refractivity contribution in [3.63, 3.8) is 0 Å². The standard InChI is InChI=1S/C26H28N4O4/c1-14-8-9-17-22(15(14)2)28-25(34)26(17)21-20(18(29-26)10-11-19(27)31)23(32)30(24(21)33)13-12-16-6-4-3-5-7-16/h3-9,18,20-21,29H,10-13H2,1-2H3,(H2,27,31)(H,28,34)/t18-,20+,21-,26+/m0/s1. The molecular formula is C26H28N4O4. The Labute approximate surface area is 197 Å². The van der Waals surface area contributed by atoms with Crippen molar-refractivity contribution in [3.8, 4) is 0 Å². The molecule has 2 aromatic carbocycles. The molecule has 4 amide bonds. The SMILES string of the molecule is Cc1ccc2c(c1C)NC(=O)[C@@]21N[C@@H](CCC(N)=O)[C@H]2C(=O)N(CCc3ccccc3)C(=O)[C@H]21. The molecular weight excluding hydrogens is 432 g/mol. The highest BCUT2D eigenvalue weighted by Crippen LogP contribution is 2.54. The normalized spacial score (nSPS) is 27.3. The molecule has 0 radical (unpaired) electrons. The number of hydrogen-bond acceptors (Lipinski definition) is 5. The Hall–Kier alpha value is -3.52. The molecule has 0 aliphatic carbocycles. The lowest BCUT2D eigenvalue weighted by Gasteiger charge is -2.29. The lowest BCUT2D eigenvalue weighted by molar-refractivity contribution is -0.142. The molecule has 0 saturated carbocycles. The van der Waals surface area contributed by atoms with Crippen LogP contribution in [0.15, 0.2) is 42.5 Å². The monoisotopic (exact) mass is 460 g/mol. The summed E-state index contributed by atoms with van der Waals surface area (Å²) in [5.41, 5.74) is 8.38. The summed E-state index contributed by atoms with van der Waals surface area (Å²) in [6.07, 6.45) is 0.867. The van der Waals surface area contributed by atoms with Gasteiger partial charge in [0.25, 0.3) is 0 Å². The average molecular weight is 461 g/mol. The second-order valence-corrected chi connectivity index (χ2v) is 9.52. The van der Waals surface area contributed by atoms with Gasteiger partial charge in [-0.3, -0.25) is 29.4 Å². The van der Waals surface area contributed by atoms with Gasteiger partial charge in [-0.2, -0.15) is 0 Å². The molecule has 3 aliphatic heterocycles. The van der Waals surface area contributed by atoms with E-state index in [1.54, 1.807) is 0 Å². The van der Waals surface area contributed by atoms with Crippen molar-refractivity contribution in [2.24, 2.45) is 17.6 Å². The van der Waals surface area contributed by atoms with Crippen molar-refractivity contribution in [1.82, 2.24) is 10.2 Å². The molecule has 2 fully saturated rings. The number of anilines is 1. The van der Waals surface area contributed by atoms with E-state index in [9.17, 15) is 19.2 Å². The number of nitrogens with zero attached hydrogens (tertiary/aromatic N) is 1. The summed E-state index contributed by atoms with van der Waals surface area (Å²) in [6.45, 7) is 4.13. The molecule has 0 bridgehead atoms. The van der Waals surface area contributed by atoms with Crippen molar-refractivity contribution in [3.05, 3.63) is 64.7 Å². The first-order valence-corrected chi connectivity index (χ1v) is 11.6. The number of carbonyl (C=O) groups excluding carboxylic acids is 4. The number of primary amides is 1. The number of fused-ring (bicyclic) bond motifs is 4. The van der Waals surface area contributed by atoms with Gasteiger partial charge < -0.3 is 11.1 Å². The number of imide groups is 1. The summed E-state index contributed by atoms with van der Waals surface area (Å²) >= 11 is 0. The first-order chi connectivity index (χ1) is 16.3. The third kappa shape index (κ3) is 3.16. The van der Waals surface area contributed by atoms with Gasteiger partial charge >= 0.3 is 0 Å². The Morgan fingerprint density at radius 1 is 1.06 bits per heavy atom. The highest BCUT2D eigenvalue weighted by molar-refractivity contribution is 6.15. The van der Waals surface area contributed by atoms with Gasteiger partial charge in [-0.1, -0.05) is 42.5 Å². The molecule has 8 heteroatoms. The van der Waals surface area contributed by atoms with Crippen LogP contribution in [0, 0.1) is 25.7 Å². The van der Waals surface area contributed by atoms with Gasteiger partial charge in [0, 0.05) is 30.3 Å². The lowest BCUT2D eigenvalue weighted by atomic mass is 9.76. The topological polar surface area (TPSA) is 122 Å². The molecule has 4 N–H and O–H groups in total. The fourth-order valence-electron chi connectivity index (χ4n) is 5.83. The molecule has 5 rings (SSSR count). The first kappa shape index (κ1) is 22.3. The van der Waals surface area contributed by atoms with E-state index < -0.39 is 29.3 Å². The number of aryl methyl sites for hydroxylation is 1. The van der Waals surface area contributed by atoms with Crippen molar-refractivity contribution in [2.45, 2.75) is 44.7 Å². The Kier molecular flexibility index (Phi) is 5.28. The van der Waals surface area contributed by atoms with Crippen LogP contribution in [-0.4, -0.2) is 41.1 Å². The fraction of sp³-hybridized carbons (Fsp3) is 0.385. The van der Waals surface area contributed by atoms with Gasteiger partial charge in [-0.25, -0.2) is 0 Å². The van der Waals surface area contributed by atoms with Crippen molar-refractivity contribution in [2.75, 3.05) is 11.9 Å². The highest BCUT2D eigenvalue weighted by atomic mass is 16.2. The molecule has 2 aromatic rings. The number of hydrogen-bond donors (Lipinski definition) is 3. The Balaban J connectivity index is 1.55. The maximum atomic E-state index is 13.8. The first-order valence-electron chi connectivity index (χ1n) is 11.6. The van der Waals surface area contributed by atoms with E-state index in [0.717, 1.165) is 16.7 Å². The summed E-state index contributed by atoms with van der Waals surface area (Å²) in [4.78, 5) is 53.7. The molecule has 176 valence electrons. The number of amides is 4. The maximum Gasteiger partial charge on any atom is 0.250 e. The number of rotatable bonds is 6. The van der Waals surface area contributed by atoms with E-state index in [1.165, 1.54) is 4.90 Å². The number of likely N-dealkylation sites (tertiary alicyclic amines) is 1. The van der Waals surface area contributed by atoms with E-state index in [-0.39, 0.29) is 37.1 Å². The predicted molar refractivity (Wildman–Crippen MR) is 125 cm³/mol. The minimum absolute atomic E-state index is 0.0594. The molecule has 2 saturated heterocycles. The second-order valence-electron chi connectivity index (χ2n) is 9.52. The van der Waals surface area contributed by atoms with Gasteiger partial charge in [0.15, 0.2) is 0 Å². The third-order valence-corrected chi connectivity index (χ3v) is 7.68. The zero-order chi connectivity index (χ0) is 24.2. The van der Waals surface area contributed by atoms with E-state index in [4.69, 9.17) is 5.73 Å². The molecule has 0 aromatic heterocycles. The zero-order valence-electron chi connectivity index (χ0n) is 19.3. The van der Waals surface area contributed by atoms with Crippen LogP contribution in [0.5, 0.6) is 0 Å². The van der Waals surface area contributed by atoms with Crippen molar-refractivity contribution in [1.29, 1.82) is 0 Å². The Morgan fingerprint density at radius 3 is 2.50 bits per heavy atom. The van der Waals surface area contributed by atoms with E-state index in [1.807, 2.05) is 56.3 Å². The summed E-state index contributed by atoms with van der Waals surface area (Å²) in [5.74, 6) is -3.08. The molecule has 0 unspecified atom stereocenters. The smallest absolute Gasteiger partial charge is 0.250 e. The maximum absolute atomic E-state index is 13.8. The van der Waals surface area contributed by atoms with E-state index >= 15 is 0 Å². The highest BCUT2D eigenvalue weighted by Gasteiger charge is 2.70. The van der Waals surface area contributed by atoms with Gasteiger partial charge in [0.1, 0.15) is 5.54 Å².